The van der Waals surface area contributed by atoms with Gasteiger partial charge in [-0.15, -0.1) is 0 Å². The van der Waals surface area contributed by atoms with Crippen LogP contribution in [0.15, 0.2) is 16.7 Å². The number of hydrogen-bond donors (Lipinski definition) is 1. The van der Waals surface area contributed by atoms with Crippen LogP contribution in [0.3, 0.4) is 0 Å². The van der Waals surface area contributed by atoms with Crippen molar-refractivity contribution in [1.82, 2.24) is 15.5 Å². The van der Waals surface area contributed by atoms with Gasteiger partial charge in [0.2, 0.25) is 5.89 Å². The number of benzene rings is 1. The van der Waals surface area contributed by atoms with E-state index in [9.17, 15) is 0 Å². The summed E-state index contributed by atoms with van der Waals surface area (Å²) in [5.41, 5.74) is 2.25. The highest BCUT2D eigenvalue weighted by Crippen LogP contribution is 2.32. The summed E-state index contributed by atoms with van der Waals surface area (Å²) in [5.74, 6) is 2.18. The molecule has 6 heteroatoms. The summed E-state index contributed by atoms with van der Waals surface area (Å²) in [7, 11) is 0. The third kappa shape index (κ3) is 2.72. The molecule has 0 spiro atoms. The van der Waals surface area contributed by atoms with Crippen molar-refractivity contribution in [2.75, 3.05) is 6.61 Å². The number of nitrogens with zero attached hydrogens (tertiary/aromatic N) is 2. The van der Waals surface area contributed by atoms with Crippen LogP contribution in [0.2, 0.25) is 5.02 Å². The highest BCUT2D eigenvalue weighted by Gasteiger charge is 2.17. The lowest BCUT2D eigenvalue weighted by Crippen LogP contribution is -2.14. The Kier molecular flexibility index (Phi) is 3.40. The zero-order valence-corrected chi connectivity index (χ0v) is 11.3. The number of aromatic nitrogens is 2. The lowest BCUT2D eigenvalue weighted by Gasteiger charge is -2.09. The molecule has 5 nitrogen and oxygen atoms in total. The molecule has 0 aliphatic carbocycles. The largest absolute Gasteiger partial charge is 0.493 e. The zero-order chi connectivity index (χ0) is 13.2. The Hall–Kier alpha value is -1.59. The van der Waals surface area contributed by atoms with Gasteiger partial charge in [0.25, 0.3) is 0 Å². The van der Waals surface area contributed by atoms with E-state index in [4.69, 9.17) is 20.9 Å². The topological polar surface area (TPSA) is 60.2 Å². The molecule has 1 N–H and O–H groups in total. The van der Waals surface area contributed by atoms with Crippen molar-refractivity contribution >= 4 is 11.6 Å². The van der Waals surface area contributed by atoms with Gasteiger partial charge in [-0.2, -0.15) is 4.98 Å². The number of ether oxygens (including phenoxy) is 1. The Balaban J connectivity index is 1.67. The lowest BCUT2D eigenvalue weighted by molar-refractivity contribution is 0.352. The van der Waals surface area contributed by atoms with Crippen LogP contribution in [0.4, 0.5) is 0 Å². The third-order valence-electron chi connectivity index (χ3n) is 2.99. The Morgan fingerprint density at radius 1 is 1.37 bits per heavy atom. The average molecular weight is 280 g/mol. The van der Waals surface area contributed by atoms with Crippen LogP contribution in [0, 0.1) is 6.92 Å². The first-order chi connectivity index (χ1) is 9.22. The predicted molar refractivity (Wildman–Crippen MR) is 70.2 cm³/mol. The summed E-state index contributed by atoms with van der Waals surface area (Å²) >= 11 is 6.10. The predicted octanol–water partition coefficient (Wildman–Crippen LogP) is 2.26. The van der Waals surface area contributed by atoms with E-state index in [1.807, 2.05) is 12.1 Å². The molecule has 0 bridgehead atoms. The number of halogens is 1. The Morgan fingerprint density at radius 2 is 2.26 bits per heavy atom. The molecule has 2 heterocycles. The summed E-state index contributed by atoms with van der Waals surface area (Å²) < 4.78 is 10.6. The van der Waals surface area contributed by atoms with Crippen LogP contribution >= 0.6 is 11.6 Å². The van der Waals surface area contributed by atoms with Crippen LogP contribution in [0.25, 0.3) is 0 Å². The molecule has 2 aromatic rings. The normalized spacial score (nSPS) is 13.4. The molecule has 1 aromatic heterocycles. The summed E-state index contributed by atoms with van der Waals surface area (Å²) in [6.45, 7) is 3.72. The molecule has 0 fully saturated rings. The SMILES string of the molecule is Cc1nc(CNCc2cc(Cl)cc3c2OCC3)no1. The fourth-order valence-corrected chi connectivity index (χ4v) is 2.46. The van der Waals surface area contributed by atoms with Crippen molar-refractivity contribution in [3.8, 4) is 5.75 Å². The number of fused-ring (bicyclic) bond motifs is 1. The smallest absolute Gasteiger partial charge is 0.223 e. The first-order valence-electron chi connectivity index (χ1n) is 6.16. The van der Waals surface area contributed by atoms with Crippen molar-refractivity contribution in [2.45, 2.75) is 26.4 Å². The van der Waals surface area contributed by atoms with Crippen LogP contribution < -0.4 is 10.1 Å². The molecule has 0 unspecified atom stereocenters. The molecular formula is C13H14ClN3O2. The Labute approximate surface area is 115 Å². The monoisotopic (exact) mass is 279 g/mol. The minimum Gasteiger partial charge on any atom is -0.493 e. The van der Waals surface area contributed by atoms with Gasteiger partial charge in [0.05, 0.1) is 13.2 Å². The molecule has 1 aliphatic heterocycles. The Bertz CT molecular complexity index is 598. The van der Waals surface area contributed by atoms with E-state index in [1.165, 1.54) is 5.56 Å². The maximum Gasteiger partial charge on any atom is 0.223 e. The van der Waals surface area contributed by atoms with Crippen molar-refractivity contribution in [2.24, 2.45) is 0 Å². The second kappa shape index (κ2) is 5.19. The average Bonchev–Trinajstić information content (AvgIpc) is 2.98. The Morgan fingerprint density at radius 3 is 3.05 bits per heavy atom. The summed E-state index contributed by atoms with van der Waals surface area (Å²) in [6.07, 6.45) is 0.924. The maximum absolute atomic E-state index is 6.10. The fraction of sp³-hybridized carbons (Fsp3) is 0.385. The van der Waals surface area contributed by atoms with Gasteiger partial charge in [0, 0.05) is 30.5 Å². The molecule has 0 amide bonds. The molecular weight excluding hydrogens is 266 g/mol. The minimum atomic E-state index is 0.554. The molecule has 19 heavy (non-hydrogen) atoms. The van der Waals surface area contributed by atoms with Gasteiger partial charge in [0.1, 0.15) is 5.75 Å². The van der Waals surface area contributed by atoms with E-state index in [1.54, 1.807) is 6.92 Å². The van der Waals surface area contributed by atoms with Crippen molar-refractivity contribution in [3.63, 3.8) is 0 Å². The minimum absolute atomic E-state index is 0.554. The second-order valence-electron chi connectivity index (χ2n) is 4.48. The second-order valence-corrected chi connectivity index (χ2v) is 4.92. The van der Waals surface area contributed by atoms with Gasteiger partial charge in [-0.05, 0) is 17.7 Å². The van der Waals surface area contributed by atoms with E-state index in [2.05, 4.69) is 15.5 Å². The number of hydrogen-bond acceptors (Lipinski definition) is 5. The van der Waals surface area contributed by atoms with E-state index >= 15 is 0 Å². The van der Waals surface area contributed by atoms with E-state index in [0.29, 0.717) is 24.8 Å². The molecule has 0 atom stereocenters. The lowest BCUT2D eigenvalue weighted by atomic mass is 10.1. The van der Waals surface area contributed by atoms with Crippen molar-refractivity contribution in [1.29, 1.82) is 0 Å². The fourth-order valence-electron chi connectivity index (χ4n) is 2.20. The summed E-state index contributed by atoms with van der Waals surface area (Å²) in [6, 6.07) is 3.90. The summed E-state index contributed by atoms with van der Waals surface area (Å²) in [5, 5.41) is 7.84. The quantitative estimate of drug-likeness (QED) is 0.930. The molecule has 3 rings (SSSR count). The first kappa shape index (κ1) is 12.4. The zero-order valence-electron chi connectivity index (χ0n) is 10.6. The molecule has 1 aromatic carbocycles. The highest BCUT2D eigenvalue weighted by molar-refractivity contribution is 6.30. The number of rotatable bonds is 4. The molecule has 0 saturated heterocycles. The molecule has 1 aliphatic rings. The van der Waals surface area contributed by atoms with E-state index in [-0.39, 0.29) is 0 Å². The van der Waals surface area contributed by atoms with E-state index < -0.39 is 0 Å². The van der Waals surface area contributed by atoms with Crippen LogP contribution in [-0.4, -0.2) is 16.7 Å². The third-order valence-corrected chi connectivity index (χ3v) is 3.21. The highest BCUT2D eigenvalue weighted by atomic mass is 35.5. The van der Waals surface area contributed by atoms with Gasteiger partial charge in [0.15, 0.2) is 5.82 Å². The van der Waals surface area contributed by atoms with Gasteiger partial charge in [-0.1, -0.05) is 16.8 Å². The van der Waals surface area contributed by atoms with Gasteiger partial charge >= 0.3 is 0 Å². The van der Waals surface area contributed by atoms with Crippen molar-refractivity contribution in [3.05, 3.63) is 40.0 Å². The van der Waals surface area contributed by atoms with Crippen molar-refractivity contribution < 1.29 is 9.26 Å². The van der Waals surface area contributed by atoms with Gasteiger partial charge in [-0.25, -0.2) is 0 Å². The van der Waals surface area contributed by atoms with Gasteiger partial charge < -0.3 is 14.6 Å². The summed E-state index contributed by atoms with van der Waals surface area (Å²) in [4.78, 5) is 4.13. The molecule has 0 saturated carbocycles. The number of nitrogens with one attached hydrogen (secondary N) is 1. The standard InChI is InChI=1S/C13H14ClN3O2/c1-8-16-12(17-19-8)7-15-6-10-5-11(14)4-9-2-3-18-13(9)10/h4-5,15H,2-3,6-7H2,1H3. The maximum atomic E-state index is 6.10. The van der Waals surface area contributed by atoms with Crippen LogP contribution in [-0.2, 0) is 19.5 Å². The first-order valence-corrected chi connectivity index (χ1v) is 6.54. The molecule has 0 radical (unpaired) electrons. The number of aryl methyl sites for hydroxylation is 1. The van der Waals surface area contributed by atoms with E-state index in [0.717, 1.165) is 29.4 Å². The van der Waals surface area contributed by atoms with Gasteiger partial charge in [-0.3, -0.25) is 0 Å². The van der Waals surface area contributed by atoms with Crippen LogP contribution in [0.5, 0.6) is 5.75 Å². The molecule has 100 valence electrons. The van der Waals surface area contributed by atoms with Crippen LogP contribution in [0.1, 0.15) is 22.8 Å².